The molecule has 128 valence electrons. The minimum atomic E-state index is 0. The molecule has 2 aliphatic heterocycles. The van der Waals surface area contributed by atoms with E-state index in [1.54, 1.807) is 0 Å². The molecule has 1 unspecified atom stereocenters. The van der Waals surface area contributed by atoms with Gasteiger partial charge in [-0.3, -0.25) is 4.79 Å². The highest BCUT2D eigenvalue weighted by Gasteiger charge is 2.30. The van der Waals surface area contributed by atoms with Crippen molar-refractivity contribution in [1.29, 1.82) is 0 Å². The van der Waals surface area contributed by atoms with Crippen LogP contribution in [0, 0.1) is 5.92 Å². The Morgan fingerprint density at radius 3 is 2.18 bits per heavy atom. The van der Waals surface area contributed by atoms with Crippen molar-refractivity contribution in [3.8, 4) is 0 Å². The lowest BCUT2D eigenvalue weighted by Gasteiger charge is -2.38. The van der Waals surface area contributed by atoms with Crippen LogP contribution in [-0.4, -0.2) is 79.0 Å². The Morgan fingerprint density at radius 1 is 1.09 bits per heavy atom. The molecule has 0 aromatic heterocycles. The third kappa shape index (κ3) is 4.49. The molecule has 2 heterocycles. The fraction of sp³-hybridized carbons (Fsp3) is 0.867. The lowest BCUT2D eigenvalue weighted by molar-refractivity contribution is -0.137. The average molecular weight is 333 g/mol. The van der Waals surface area contributed by atoms with E-state index in [2.05, 4.69) is 5.32 Å². The highest BCUT2D eigenvalue weighted by Crippen LogP contribution is 2.15. The zero-order chi connectivity index (χ0) is 15.2. The maximum absolute atomic E-state index is 12.4. The van der Waals surface area contributed by atoms with E-state index in [4.69, 9.17) is 0 Å². The number of nitrogens with one attached hydrogen (secondary N) is 1. The van der Waals surface area contributed by atoms with Crippen molar-refractivity contribution in [2.75, 3.05) is 52.4 Å². The Bertz CT molecular complexity index is 363. The molecule has 22 heavy (non-hydrogen) atoms. The van der Waals surface area contributed by atoms with Gasteiger partial charge in [0.05, 0.1) is 5.92 Å². The lowest BCUT2D eigenvalue weighted by atomic mass is 9.98. The molecular formula is C15H29ClN4O2. The first-order valence-corrected chi connectivity index (χ1v) is 8.20. The summed E-state index contributed by atoms with van der Waals surface area (Å²) in [5, 5.41) is 3.29. The van der Waals surface area contributed by atoms with Crippen molar-refractivity contribution in [2.24, 2.45) is 5.92 Å². The summed E-state index contributed by atoms with van der Waals surface area (Å²) < 4.78 is 0. The van der Waals surface area contributed by atoms with Crippen LogP contribution in [0.1, 0.15) is 26.7 Å². The van der Waals surface area contributed by atoms with Crippen molar-refractivity contribution < 1.29 is 9.59 Å². The van der Waals surface area contributed by atoms with Gasteiger partial charge in [0.25, 0.3) is 0 Å². The monoisotopic (exact) mass is 332 g/mol. The van der Waals surface area contributed by atoms with E-state index in [9.17, 15) is 9.59 Å². The van der Waals surface area contributed by atoms with E-state index < -0.39 is 0 Å². The third-order valence-corrected chi connectivity index (χ3v) is 4.54. The van der Waals surface area contributed by atoms with E-state index in [1.807, 2.05) is 28.5 Å². The molecule has 6 nitrogen and oxygen atoms in total. The van der Waals surface area contributed by atoms with Gasteiger partial charge in [-0.2, -0.15) is 0 Å². The van der Waals surface area contributed by atoms with Crippen molar-refractivity contribution in [3.63, 3.8) is 0 Å². The molecule has 2 fully saturated rings. The van der Waals surface area contributed by atoms with Crippen LogP contribution < -0.4 is 5.32 Å². The number of carbonyl (C=O) groups is 2. The average Bonchev–Trinajstić information content (AvgIpc) is 2.56. The maximum atomic E-state index is 12.4. The van der Waals surface area contributed by atoms with Gasteiger partial charge in [0.15, 0.2) is 0 Å². The molecular weight excluding hydrogens is 304 g/mol. The first-order valence-electron chi connectivity index (χ1n) is 8.20. The normalized spacial score (nSPS) is 22.0. The standard InChI is InChI=1S/C15H28N4O2.ClH/c1-3-17(4-2)15(21)19-10-8-18(9-11-19)14(20)13-6-5-7-16-12-13;/h13,16H,3-12H2,1-2H3;1H. The Kier molecular flexibility index (Phi) is 7.96. The lowest BCUT2D eigenvalue weighted by Crippen LogP contribution is -2.55. The van der Waals surface area contributed by atoms with Crippen LogP contribution in [0.4, 0.5) is 4.79 Å². The number of hydrogen-bond acceptors (Lipinski definition) is 3. The largest absolute Gasteiger partial charge is 0.339 e. The molecule has 0 aliphatic carbocycles. The van der Waals surface area contributed by atoms with Crippen LogP contribution in [0.2, 0.25) is 0 Å². The molecule has 0 bridgehead atoms. The van der Waals surface area contributed by atoms with Crippen LogP contribution in [0.15, 0.2) is 0 Å². The summed E-state index contributed by atoms with van der Waals surface area (Å²) in [4.78, 5) is 30.4. The highest BCUT2D eigenvalue weighted by atomic mass is 35.5. The summed E-state index contributed by atoms with van der Waals surface area (Å²) in [6.45, 7) is 9.94. The van der Waals surface area contributed by atoms with E-state index >= 15 is 0 Å². The summed E-state index contributed by atoms with van der Waals surface area (Å²) in [5.41, 5.74) is 0. The van der Waals surface area contributed by atoms with Gasteiger partial charge in [0.2, 0.25) is 5.91 Å². The molecule has 1 atom stereocenters. The van der Waals surface area contributed by atoms with E-state index in [0.717, 1.165) is 39.0 Å². The first kappa shape index (κ1) is 19.0. The zero-order valence-corrected chi connectivity index (χ0v) is 14.5. The van der Waals surface area contributed by atoms with Gasteiger partial charge in [-0.25, -0.2) is 4.79 Å². The number of amides is 3. The molecule has 2 aliphatic rings. The van der Waals surface area contributed by atoms with Crippen molar-refractivity contribution >= 4 is 24.3 Å². The molecule has 7 heteroatoms. The number of urea groups is 1. The summed E-state index contributed by atoms with van der Waals surface area (Å²) >= 11 is 0. The molecule has 1 N–H and O–H groups in total. The minimum absolute atomic E-state index is 0. The molecule has 0 saturated carbocycles. The maximum Gasteiger partial charge on any atom is 0.320 e. The number of halogens is 1. The van der Waals surface area contributed by atoms with Crippen molar-refractivity contribution in [2.45, 2.75) is 26.7 Å². The first-order chi connectivity index (χ1) is 10.2. The Balaban J connectivity index is 0.00000242. The number of hydrogen-bond donors (Lipinski definition) is 1. The topological polar surface area (TPSA) is 55.9 Å². The van der Waals surface area contributed by atoms with Crippen LogP contribution in [0.3, 0.4) is 0 Å². The molecule has 0 spiro atoms. The molecule has 0 radical (unpaired) electrons. The summed E-state index contributed by atoms with van der Waals surface area (Å²) in [7, 11) is 0. The minimum Gasteiger partial charge on any atom is -0.339 e. The second kappa shape index (κ2) is 9.20. The third-order valence-electron chi connectivity index (χ3n) is 4.54. The van der Waals surface area contributed by atoms with Gasteiger partial charge in [0, 0.05) is 45.8 Å². The Hall–Kier alpha value is -1.01. The molecule has 2 saturated heterocycles. The quantitative estimate of drug-likeness (QED) is 0.839. The number of carbonyl (C=O) groups excluding carboxylic acids is 2. The summed E-state index contributed by atoms with van der Waals surface area (Å²) in [5.74, 6) is 0.390. The molecule has 0 aromatic rings. The smallest absolute Gasteiger partial charge is 0.320 e. The van der Waals surface area contributed by atoms with Crippen LogP contribution in [-0.2, 0) is 4.79 Å². The van der Waals surface area contributed by atoms with Crippen LogP contribution in [0.25, 0.3) is 0 Å². The van der Waals surface area contributed by atoms with E-state index in [-0.39, 0.29) is 30.3 Å². The SMILES string of the molecule is CCN(CC)C(=O)N1CCN(C(=O)C2CCCNC2)CC1.Cl. The molecule has 3 amide bonds. The predicted molar refractivity (Wildman–Crippen MR) is 89.3 cm³/mol. The second-order valence-corrected chi connectivity index (χ2v) is 5.81. The number of nitrogens with zero attached hydrogens (tertiary/aromatic N) is 3. The molecule has 0 aromatic carbocycles. The fourth-order valence-corrected chi connectivity index (χ4v) is 3.13. The Morgan fingerprint density at radius 2 is 1.68 bits per heavy atom. The van der Waals surface area contributed by atoms with Gasteiger partial charge in [-0.05, 0) is 33.2 Å². The van der Waals surface area contributed by atoms with Crippen LogP contribution in [0.5, 0.6) is 0 Å². The fourth-order valence-electron chi connectivity index (χ4n) is 3.13. The summed E-state index contributed by atoms with van der Waals surface area (Å²) in [6.07, 6.45) is 2.07. The number of piperazine rings is 1. The summed E-state index contributed by atoms with van der Waals surface area (Å²) in [6, 6.07) is 0.103. The van der Waals surface area contributed by atoms with Gasteiger partial charge >= 0.3 is 6.03 Å². The van der Waals surface area contributed by atoms with Crippen molar-refractivity contribution in [3.05, 3.63) is 0 Å². The van der Waals surface area contributed by atoms with Gasteiger partial charge < -0.3 is 20.0 Å². The molecule has 2 rings (SSSR count). The van der Waals surface area contributed by atoms with Gasteiger partial charge in [0.1, 0.15) is 0 Å². The second-order valence-electron chi connectivity index (χ2n) is 5.81. The van der Waals surface area contributed by atoms with Crippen molar-refractivity contribution in [1.82, 2.24) is 20.0 Å². The van der Waals surface area contributed by atoms with E-state index in [1.165, 1.54) is 0 Å². The zero-order valence-electron chi connectivity index (χ0n) is 13.7. The number of rotatable bonds is 3. The van der Waals surface area contributed by atoms with Gasteiger partial charge in [-0.1, -0.05) is 0 Å². The number of piperidine rings is 1. The predicted octanol–water partition coefficient (Wildman–Crippen LogP) is 1.01. The Labute approximate surface area is 139 Å². The van der Waals surface area contributed by atoms with E-state index in [0.29, 0.717) is 26.2 Å². The van der Waals surface area contributed by atoms with Crippen LogP contribution >= 0.6 is 12.4 Å². The highest BCUT2D eigenvalue weighted by molar-refractivity contribution is 5.85. The van der Waals surface area contributed by atoms with Gasteiger partial charge in [-0.15, -0.1) is 12.4 Å².